The topological polar surface area (TPSA) is 143 Å². The van der Waals surface area contributed by atoms with E-state index in [9.17, 15) is 27.6 Å². The minimum atomic E-state index is -3.91. The second-order valence-corrected chi connectivity index (χ2v) is 9.55. The van der Waals surface area contributed by atoms with Crippen molar-refractivity contribution in [1.29, 1.82) is 0 Å². The number of esters is 3. The van der Waals surface area contributed by atoms with E-state index >= 15 is 0 Å². The van der Waals surface area contributed by atoms with Crippen LogP contribution < -0.4 is 0 Å². The van der Waals surface area contributed by atoms with Gasteiger partial charge >= 0.3 is 17.9 Å². The molecule has 0 N–H and O–H groups in total. The lowest BCUT2D eigenvalue weighted by atomic mass is 10.1. The molecule has 1 saturated heterocycles. The van der Waals surface area contributed by atoms with Crippen LogP contribution in [-0.2, 0) is 48.0 Å². The van der Waals surface area contributed by atoms with Crippen molar-refractivity contribution in [3.63, 3.8) is 0 Å². The van der Waals surface area contributed by atoms with Crippen LogP contribution in [0.15, 0.2) is 11.3 Å². The molecule has 2 heterocycles. The van der Waals surface area contributed by atoms with Crippen molar-refractivity contribution in [2.45, 2.75) is 44.8 Å². The first kappa shape index (κ1) is 22.8. The van der Waals surface area contributed by atoms with Gasteiger partial charge in [-0.15, -0.1) is 0 Å². The van der Waals surface area contributed by atoms with Crippen LogP contribution in [0.1, 0.15) is 27.7 Å². The van der Waals surface area contributed by atoms with E-state index in [1.807, 2.05) is 0 Å². The first-order chi connectivity index (χ1) is 13.3. The van der Waals surface area contributed by atoms with Gasteiger partial charge in [-0.1, -0.05) is 0 Å². The maximum Gasteiger partial charge on any atom is 0.355 e. The van der Waals surface area contributed by atoms with E-state index in [1.54, 1.807) is 20.8 Å². The molecule has 0 radical (unpaired) electrons. The summed E-state index contributed by atoms with van der Waals surface area (Å²) in [7, 11) is -2.73. The van der Waals surface area contributed by atoms with Gasteiger partial charge < -0.3 is 18.9 Å². The number of fused-ring (bicyclic) bond motifs is 1. The number of hydrogen-bond acceptors (Lipinski definition) is 10. The molecule has 0 aromatic heterocycles. The normalized spacial score (nSPS) is 23.1. The van der Waals surface area contributed by atoms with Gasteiger partial charge in [0.25, 0.3) is 5.91 Å². The van der Waals surface area contributed by atoms with Crippen LogP contribution in [-0.4, -0.2) is 80.3 Å². The van der Waals surface area contributed by atoms with Crippen LogP contribution in [0, 0.1) is 0 Å². The lowest BCUT2D eigenvalue weighted by molar-refractivity contribution is -0.169. The highest BCUT2D eigenvalue weighted by molar-refractivity contribution is 7.92. The number of nitrogens with zero attached hydrogens (tertiary/aromatic N) is 1. The van der Waals surface area contributed by atoms with E-state index in [0.29, 0.717) is 0 Å². The van der Waals surface area contributed by atoms with Crippen molar-refractivity contribution < 1.29 is 46.5 Å². The van der Waals surface area contributed by atoms with Gasteiger partial charge in [0.2, 0.25) is 0 Å². The molecule has 2 atom stereocenters. The number of hydrogen-bond donors (Lipinski definition) is 0. The SMILES string of the molecule is CO[C@@H]1C(=O)N2C(C(=O)OCC(=O)OC(C)(C)C)=C(COC(C)=O)CS(=O)(=O)C12. The Labute approximate surface area is 167 Å². The van der Waals surface area contributed by atoms with Gasteiger partial charge in [0.05, 0.1) is 5.75 Å². The fraction of sp³-hybridized carbons (Fsp3) is 0.647. The molecule has 0 aromatic rings. The maximum absolute atomic E-state index is 12.6. The van der Waals surface area contributed by atoms with E-state index < -0.39 is 69.7 Å². The van der Waals surface area contributed by atoms with E-state index in [-0.39, 0.29) is 11.3 Å². The van der Waals surface area contributed by atoms with Gasteiger partial charge in [0.1, 0.15) is 17.9 Å². The third-order valence-electron chi connectivity index (χ3n) is 3.95. The Morgan fingerprint density at radius 2 is 1.79 bits per heavy atom. The third kappa shape index (κ3) is 4.93. The summed E-state index contributed by atoms with van der Waals surface area (Å²) in [6.07, 6.45) is -1.26. The molecule has 29 heavy (non-hydrogen) atoms. The van der Waals surface area contributed by atoms with Crippen LogP contribution >= 0.6 is 0 Å². The minimum absolute atomic E-state index is 0.131. The van der Waals surface area contributed by atoms with Gasteiger partial charge in [0.15, 0.2) is 27.9 Å². The summed E-state index contributed by atoms with van der Waals surface area (Å²) in [5, 5.41) is -1.40. The molecule has 0 saturated carbocycles. The highest BCUT2D eigenvalue weighted by atomic mass is 32.2. The molecule has 0 aliphatic carbocycles. The van der Waals surface area contributed by atoms with Crippen molar-refractivity contribution in [3.8, 4) is 0 Å². The first-order valence-electron chi connectivity index (χ1n) is 8.60. The zero-order valence-corrected chi connectivity index (χ0v) is 17.5. The van der Waals surface area contributed by atoms with E-state index in [0.717, 1.165) is 11.8 Å². The van der Waals surface area contributed by atoms with E-state index in [4.69, 9.17) is 18.9 Å². The molecular formula is C17H23NO10S. The summed E-state index contributed by atoms with van der Waals surface area (Å²) >= 11 is 0. The number of ether oxygens (including phenoxy) is 4. The zero-order valence-electron chi connectivity index (χ0n) is 16.7. The molecule has 0 bridgehead atoms. The number of β-lactam (4-membered cyclic amide) rings is 1. The van der Waals surface area contributed by atoms with Crippen molar-refractivity contribution in [1.82, 2.24) is 4.90 Å². The lowest BCUT2D eigenvalue weighted by Crippen LogP contribution is -2.70. The van der Waals surface area contributed by atoms with E-state index in [1.165, 1.54) is 7.11 Å². The van der Waals surface area contributed by atoms with Gasteiger partial charge in [0, 0.05) is 19.6 Å². The van der Waals surface area contributed by atoms with Crippen molar-refractivity contribution >= 4 is 33.7 Å². The first-order valence-corrected chi connectivity index (χ1v) is 10.3. The number of carbonyl (C=O) groups is 4. The molecule has 1 fully saturated rings. The van der Waals surface area contributed by atoms with Crippen molar-refractivity contribution in [2.24, 2.45) is 0 Å². The molecule has 162 valence electrons. The van der Waals surface area contributed by atoms with Crippen LogP contribution in [0.25, 0.3) is 0 Å². The average Bonchev–Trinajstić information content (AvgIpc) is 2.56. The number of amides is 1. The zero-order chi connectivity index (χ0) is 22.1. The number of rotatable bonds is 6. The molecule has 2 aliphatic heterocycles. The summed E-state index contributed by atoms with van der Waals surface area (Å²) in [5.41, 5.74) is -1.31. The Balaban J connectivity index is 2.31. The Morgan fingerprint density at radius 1 is 1.17 bits per heavy atom. The van der Waals surface area contributed by atoms with E-state index in [2.05, 4.69) is 0 Å². The molecule has 0 spiro atoms. The smallest absolute Gasteiger partial charge is 0.355 e. The van der Waals surface area contributed by atoms with Crippen LogP contribution in [0.5, 0.6) is 0 Å². The van der Waals surface area contributed by atoms with Gasteiger partial charge in [-0.3, -0.25) is 14.5 Å². The Morgan fingerprint density at radius 3 is 2.31 bits per heavy atom. The lowest BCUT2D eigenvalue weighted by Gasteiger charge is -2.48. The summed E-state index contributed by atoms with van der Waals surface area (Å²) < 4.78 is 44.7. The average molecular weight is 433 g/mol. The Bertz CT molecular complexity index is 867. The van der Waals surface area contributed by atoms with Gasteiger partial charge in [-0.25, -0.2) is 18.0 Å². The molecule has 2 aliphatic rings. The monoisotopic (exact) mass is 433 g/mol. The number of methoxy groups -OCH3 is 1. The molecule has 12 heteroatoms. The standard InChI is InChI=1S/C17H23NO10S/c1-9(19)26-6-10-8-29(23,24)15-13(25-5)14(21)18(15)12(10)16(22)27-7-11(20)28-17(2,3)4/h13,15H,6-8H2,1-5H3/t13-,15?/m1/s1. The second-order valence-electron chi connectivity index (χ2n) is 7.46. The predicted octanol–water partition coefficient (Wildman–Crippen LogP) is -0.700. The molecule has 1 amide bonds. The highest BCUT2D eigenvalue weighted by Gasteiger charge is 2.60. The van der Waals surface area contributed by atoms with Gasteiger partial charge in [-0.05, 0) is 20.8 Å². The fourth-order valence-corrected chi connectivity index (χ4v) is 4.92. The summed E-state index contributed by atoms with van der Waals surface area (Å²) in [5.74, 6) is -4.03. The summed E-state index contributed by atoms with van der Waals surface area (Å²) in [4.78, 5) is 48.6. The largest absolute Gasteiger partial charge is 0.461 e. The maximum atomic E-state index is 12.6. The van der Waals surface area contributed by atoms with Crippen LogP contribution in [0.2, 0.25) is 0 Å². The highest BCUT2D eigenvalue weighted by Crippen LogP contribution is 2.38. The van der Waals surface area contributed by atoms with Gasteiger partial charge in [-0.2, -0.15) is 0 Å². The molecule has 11 nitrogen and oxygen atoms in total. The van der Waals surface area contributed by atoms with Crippen molar-refractivity contribution in [3.05, 3.63) is 11.3 Å². The van der Waals surface area contributed by atoms with Crippen LogP contribution in [0.3, 0.4) is 0 Å². The third-order valence-corrected chi connectivity index (χ3v) is 5.90. The van der Waals surface area contributed by atoms with Crippen LogP contribution in [0.4, 0.5) is 0 Å². The summed E-state index contributed by atoms with van der Waals surface area (Å²) in [6.45, 7) is 4.73. The quantitative estimate of drug-likeness (QED) is 0.300. The number of carbonyl (C=O) groups excluding carboxylic acids is 4. The molecule has 1 unspecified atom stereocenters. The minimum Gasteiger partial charge on any atom is -0.461 e. The van der Waals surface area contributed by atoms with Crippen molar-refractivity contribution in [2.75, 3.05) is 26.1 Å². The Hall–Kier alpha value is -2.47. The Kier molecular flexibility index (Phi) is 6.38. The molecule has 2 rings (SSSR count). The summed E-state index contributed by atoms with van der Waals surface area (Å²) in [6, 6.07) is 0. The molecule has 0 aromatic carbocycles. The fourth-order valence-electron chi connectivity index (χ4n) is 2.91. The molecular weight excluding hydrogens is 410 g/mol. The second kappa shape index (κ2) is 8.11. The number of sulfone groups is 1. The predicted molar refractivity (Wildman–Crippen MR) is 95.7 cm³/mol.